The minimum Gasteiger partial charge on any atom is -0.493 e. The van der Waals surface area contributed by atoms with Gasteiger partial charge in [-0.05, 0) is 65.8 Å². The van der Waals surface area contributed by atoms with Crippen LogP contribution in [-0.4, -0.2) is 57.3 Å². The average Bonchev–Trinajstić information content (AvgIpc) is 2.75. The van der Waals surface area contributed by atoms with Crippen LogP contribution in [0.25, 0.3) is 0 Å². The molecule has 29 heavy (non-hydrogen) atoms. The summed E-state index contributed by atoms with van der Waals surface area (Å²) >= 11 is 2.15. The Morgan fingerprint density at radius 2 is 1.41 bits per heavy atom. The minimum absolute atomic E-state index is 0. The van der Waals surface area contributed by atoms with Gasteiger partial charge in [0.25, 0.3) is 0 Å². The fraction of sp³-hybridized carbons (Fsp3) is 0.455. The van der Waals surface area contributed by atoms with E-state index in [2.05, 4.69) is 58.8 Å². The number of rotatable bonds is 6. The molecule has 1 heterocycles. The van der Waals surface area contributed by atoms with Crippen molar-refractivity contribution in [1.29, 1.82) is 0 Å². The van der Waals surface area contributed by atoms with Crippen molar-refractivity contribution in [3.63, 3.8) is 0 Å². The Labute approximate surface area is 187 Å². The van der Waals surface area contributed by atoms with Crippen molar-refractivity contribution in [1.82, 2.24) is 4.90 Å². The Hall–Kier alpha value is -1.71. The predicted molar refractivity (Wildman–Crippen MR) is 125 cm³/mol. The number of nitrogens with zero attached hydrogens (tertiary/aromatic N) is 1. The van der Waals surface area contributed by atoms with Crippen LogP contribution in [0.15, 0.2) is 30.3 Å². The zero-order valence-corrected chi connectivity index (χ0v) is 20.2. The summed E-state index contributed by atoms with van der Waals surface area (Å²) in [5.41, 5.74) is 3.83. The normalized spacial score (nSPS) is 15.2. The maximum Gasteiger partial charge on any atom is 0.161 e. The van der Waals surface area contributed by atoms with E-state index in [-0.39, 0.29) is 11.5 Å². The van der Waals surface area contributed by atoms with Crippen molar-refractivity contribution in [2.45, 2.75) is 18.9 Å². The second-order valence-corrected chi connectivity index (χ2v) is 6.55. The van der Waals surface area contributed by atoms with E-state index in [4.69, 9.17) is 18.9 Å². The van der Waals surface area contributed by atoms with E-state index in [0.717, 1.165) is 42.4 Å². The molecule has 2 aromatic carbocycles. The molecule has 162 valence electrons. The maximum atomic E-state index is 5.52. The topological polar surface area (TPSA) is 71.7 Å². The molecule has 1 atom stereocenters. The molecule has 6 nitrogen and oxygen atoms in total. The first-order chi connectivity index (χ1) is 13.6. The van der Waals surface area contributed by atoms with Gasteiger partial charge in [0.05, 0.1) is 28.4 Å². The van der Waals surface area contributed by atoms with E-state index >= 15 is 0 Å². The van der Waals surface area contributed by atoms with E-state index in [1.165, 1.54) is 16.7 Å². The Bertz CT molecular complexity index is 784. The fourth-order valence-electron chi connectivity index (χ4n) is 3.65. The van der Waals surface area contributed by atoms with Gasteiger partial charge in [0, 0.05) is 12.6 Å². The van der Waals surface area contributed by atoms with Crippen molar-refractivity contribution >= 4 is 22.6 Å². The summed E-state index contributed by atoms with van der Waals surface area (Å²) in [6.45, 7) is 1.01. The molecule has 0 unspecified atom stereocenters. The SMILES string of the molecule is CI.COc1ccc(C[C@H]2c3cc(OC)c(OC)cc3CCN2C)cc1OC.O. The number of likely N-dealkylation sites (N-methyl/N-ethyl adjacent to an activating group) is 1. The van der Waals surface area contributed by atoms with E-state index < -0.39 is 0 Å². The van der Waals surface area contributed by atoms with Crippen molar-refractivity contribution in [3.05, 3.63) is 47.0 Å². The van der Waals surface area contributed by atoms with Gasteiger partial charge in [-0.15, -0.1) is 0 Å². The highest BCUT2D eigenvalue weighted by Crippen LogP contribution is 2.39. The van der Waals surface area contributed by atoms with Gasteiger partial charge in [-0.1, -0.05) is 28.7 Å². The van der Waals surface area contributed by atoms with Crippen LogP contribution in [0.3, 0.4) is 0 Å². The Morgan fingerprint density at radius 3 is 2.00 bits per heavy atom. The van der Waals surface area contributed by atoms with Gasteiger partial charge in [0.15, 0.2) is 23.0 Å². The summed E-state index contributed by atoms with van der Waals surface area (Å²) in [6, 6.07) is 10.6. The quantitative estimate of drug-likeness (QED) is 0.432. The standard InChI is InChI=1S/C21H27NO4.CH3I.H2O/c1-22-9-8-15-12-20(25-4)21(26-5)13-16(15)17(22)10-14-6-7-18(23-2)19(11-14)24-3;1-2;/h6-7,11-13,17H,8-10H2,1-5H3;1H3;1H2/t17-;;/m0../s1. The van der Waals surface area contributed by atoms with Crippen molar-refractivity contribution in [3.8, 4) is 23.0 Å². The molecule has 1 aliphatic heterocycles. The van der Waals surface area contributed by atoms with E-state index in [1.807, 2.05) is 11.0 Å². The minimum atomic E-state index is 0. The molecule has 2 N–H and O–H groups in total. The molecule has 1 aliphatic rings. The van der Waals surface area contributed by atoms with Crippen molar-refractivity contribution in [2.24, 2.45) is 0 Å². The highest BCUT2D eigenvalue weighted by atomic mass is 127. The van der Waals surface area contributed by atoms with Crippen LogP contribution in [-0.2, 0) is 12.8 Å². The lowest BCUT2D eigenvalue weighted by Gasteiger charge is -2.35. The highest BCUT2D eigenvalue weighted by Gasteiger charge is 2.27. The van der Waals surface area contributed by atoms with E-state index in [9.17, 15) is 0 Å². The molecule has 0 saturated carbocycles. The zero-order valence-electron chi connectivity index (χ0n) is 18.0. The second-order valence-electron chi connectivity index (χ2n) is 6.55. The van der Waals surface area contributed by atoms with E-state index in [0.29, 0.717) is 0 Å². The number of ether oxygens (including phenoxy) is 4. The molecule has 0 radical (unpaired) electrons. The van der Waals surface area contributed by atoms with Crippen molar-refractivity contribution < 1.29 is 24.4 Å². The maximum absolute atomic E-state index is 5.52. The zero-order chi connectivity index (χ0) is 20.7. The fourth-order valence-corrected chi connectivity index (χ4v) is 3.65. The van der Waals surface area contributed by atoms with Gasteiger partial charge in [0.1, 0.15) is 0 Å². The lowest BCUT2D eigenvalue weighted by atomic mass is 9.88. The van der Waals surface area contributed by atoms with Crippen LogP contribution in [0.1, 0.15) is 22.7 Å². The van der Waals surface area contributed by atoms with Crippen LogP contribution in [0.4, 0.5) is 0 Å². The number of benzene rings is 2. The largest absolute Gasteiger partial charge is 0.493 e. The summed E-state index contributed by atoms with van der Waals surface area (Å²) in [4.78, 5) is 4.36. The summed E-state index contributed by atoms with van der Waals surface area (Å²) in [5.74, 6) is 3.08. The molecule has 0 aromatic heterocycles. The molecule has 0 fully saturated rings. The first-order valence-corrected chi connectivity index (χ1v) is 11.3. The molecular weight excluding hydrogens is 485 g/mol. The van der Waals surface area contributed by atoms with Crippen LogP contribution < -0.4 is 18.9 Å². The lowest BCUT2D eigenvalue weighted by Crippen LogP contribution is -2.33. The van der Waals surface area contributed by atoms with Gasteiger partial charge in [0.2, 0.25) is 0 Å². The summed E-state index contributed by atoms with van der Waals surface area (Å²) in [7, 11) is 8.86. The van der Waals surface area contributed by atoms with Gasteiger partial charge >= 0.3 is 0 Å². The number of fused-ring (bicyclic) bond motifs is 1. The van der Waals surface area contributed by atoms with Gasteiger partial charge in [-0.25, -0.2) is 0 Å². The molecule has 7 heteroatoms. The third kappa shape index (κ3) is 5.67. The van der Waals surface area contributed by atoms with Crippen LogP contribution in [0, 0.1) is 0 Å². The van der Waals surface area contributed by atoms with E-state index in [1.54, 1.807) is 28.4 Å². The molecule has 0 bridgehead atoms. The molecular formula is C22H32INO5. The first-order valence-electron chi connectivity index (χ1n) is 9.15. The summed E-state index contributed by atoms with van der Waals surface area (Å²) < 4.78 is 21.8. The number of alkyl halides is 1. The Kier molecular flexibility index (Phi) is 10.6. The molecule has 0 spiro atoms. The van der Waals surface area contributed by atoms with Crippen LogP contribution in [0.5, 0.6) is 23.0 Å². The Morgan fingerprint density at radius 1 is 0.862 bits per heavy atom. The number of halogens is 1. The molecule has 2 aromatic rings. The lowest BCUT2D eigenvalue weighted by molar-refractivity contribution is 0.227. The van der Waals surface area contributed by atoms with Gasteiger partial charge in [-0.2, -0.15) is 0 Å². The first kappa shape index (κ1) is 25.3. The highest BCUT2D eigenvalue weighted by molar-refractivity contribution is 14.1. The monoisotopic (exact) mass is 517 g/mol. The molecule has 0 saturated heterocycles. The molecule has 0 aliphatic carbocycles. The smallest absolute Gasteiger partial charge is 0.161 e. The number of hydrogen-bond donors (Lipinski definition) is 0. The summed E-state index contributed by atoms with van der Waals surface area (Å²) in [6.07, 6.45) is 1.90. The second kappa shape index (κ2) is 12.1. The number of hydrogen-bond acceptors (Lipinski definition) is 5. The van der Waals surface area contributed by atoms with Gasteiger partial charge in [-0.3, -0.25) is 4.90 Å². The molecule has 3 rings (SSSR count). The third-order valence-electron chi connectivity index (χ3n) is 5.15. The summed E-state index contributed by atoms with van der Waals surface area (Å²) in [5, 5.41) is 0. The number of methoxy groups -OCH3 is 4. The Balaban J connectivity index is 0.00000136. The van der Waals surface area contributed by atoms with Crippen LogP contribution >= 0.6 is 22.6 Å². The predicted octanol–water partition coefficient (Wildman–Crippen LogP) is 3.72. The van der Waals surface area contributed by atoms with Gasteiger partial charge < -0.3 is 24.4 Å². The average molecular weight is 517 g/mol. The van der Waals surface area contributed by atoms with Crippen LogP contribution in [0.2, 0.25) is 0 Å². The third-order valence-corrected chi connectivity index (χ3v) is 5.15. The van der Waals surface area contributed by atoms with Crippen molar-refractivity contribution in [2.75, 3.05) is 47.0 Å². The molecule has 0 amide bonds.